The standard InChI is InChI=1S/C12H10N2O3S/c15-11(16)12(6-17-7-12)10-14-9(5-18-10)8-2-1-3-13-4-8/h1-5H,6-7H2,(H,15,16). The first-order valence-electron chi connectivity index (χ1n) is 5.40. The van der Waals surface area contributed by atoms with Crippen molar-refractivity contribution in [2.45, 2.75) is 5.41 Å². The van der Waals surface area contributed by atoms with Gasteiger partial charge in [0.15, 0.2) is 5.41 Å². The number of carbonyl (C=O) groups is 1. The third-order valence-corrected chi connectivity index (χ3v) is 4.02. The van der Waals surface area contributed by atoms with Crippen LogP contribution in [0, 0.1) is 0 Å². The highest BCUT2D eigenvalue weighted by Gasteiger charge is 2.50. The second-order valence-corrected chi connectivity index (χ2v) is 5.02. The Morgan fingerprint density at radius 2 is 2.33 bits per heavy atom. The molecule has 0 atom stereocenters. The monoisotopic (exact) mass is 262 g/mol. The Hall–Kier alpha value is -1.79. The molecule has 0 spiro atoms. The molecule has 3 rings (SSSR count). The highest BCUT2D eigenvalue weighted by molar-refractivity contribution is 7.10. The van der Waals surface area contributed by atoms with Gasteiger partial charge in [-0.25, -0.2) is 4.98 Å². The first-order valence-corrected chi connectivity index (χ1v) is 6.28. The van der Waals surface area contributed by atoms with E-state index in [1.54, 1.807) is 12.4 Å². The first-order chi connectivity index (χ1) is 8.72. The summed E-state index contributed by atoms with van der Waals surface area (Å²) < 4.78 is 5.04. The number of ether oxygens (including phenoxy) is 1. The average molecular weight is 262 g/mol. The van der Waals surface area contributed by atoms with Gasteiger partial charge >= 0.3 is 5.97 Å². The van der Waals surface area contributed by atoms with Crippen molar-refractivity contribution >= 4 is 17.3 Å². The van der Waals surface area contributed by atoms with Crippen LogP contribution < -0.4 is 0 Å². The molecule has 1 fully saturated rings. The summed E-state index contributed by atoms with van der Waals surface area (Å²) in [5.74, 6) is -0.874. The molecule has 2 aromatic heterocycles. The number of aliphatic carboxylic acids is 1. The molecule has 3 heterocycles. The number of hydrogen-bond acceptors (Lipinski definition) is 5. The Morgan fingerprint density at radius 3 is 2.89 bits per heavy atom. The van der Waals surface area contributed by atoms with Crippen LogP contribution in [0.3, 0.4) is 0 Å². The van der Waals surface area contributed by atoms with Crippen LogP contribution in [0.5, 0.6) is 0 Å². The summed E-state index contributed by atoms with van der Waals surface area (Å²) in [4.78, 5) is 19.8. The quantitative estimate of drug-likeness (QED) is 0.908. The SMILES string of the molecule is O=C(O)C1(c2nc(-c3cccnc3)cs2)COC1. The number of thiazole rings is 1. The Morgan fingerprint density at radius 1 is 1.50 bits per heavy atom. The number of hydrogen-bond donors (Lipinski definition) is 1. The Labute approximate surface area is 107 Å². The number of nitrogens with zero attached hydrogens (tertiary/aromatic N) is 2. The Bertz CT molecular complexity index is 578. The second kappa shape index (κ2) is 4.15. The summed E-state index contributed by atoms with van der Waals surface area (Å²) in [5, 5.41) is 11.7. The zero-order chi connectivity index (χ0) is 12.6. The highest BCUT2D eigenvalue weighted by Crippen LogP contribution is 2.36. The van der Waals surface area contributed by atoms with E-state index in [1.165, 1.54) is 11.3 Å². The Kier molecular flexibility index (Phi) is 2.61. The van der Waals surface area contributed by atoms with E-state index in [-0.39, 0.29) is 13.2 Å². The summed E-state index contributed by atoms with van der Waals surface area (Å²) in [6.07, 6.45) is 3.40. The third-order valence-electron chi connectivity index (χ3n) is 2.98. The van der Waals surface area contributed by atoms with Crippen LogP contribution in [0.2, 0.25) is 0 Å². The molecule has 18 heavy (non-hydrogen) atoms. The van der Waals surface area contributed by atoms with Crippen LogP contribution in [-0.4, -0.2) is 34.3 Å². The van der Waals surface area contributed by atoms with E-state index in [0.29, 0.717) is 5.01 Å². The van der Waals surface area contributed by atoms with Gasteiger partial charge in [0, 0.05) is 23.3 Å². The lowest BCUT2D eigenvalue weighted by Crippen LogP contribution is -2.53. The summed E-state index contributed by atoms with van der Waals surface area (Å²) in [7, 11) is 0. The van der Waals surface area contributed by atoms with Crippen molar-refractivity contribution in [2.75, 3.05) is 13.2 Å². The van der Waals surface area contributed by atoms with E-state index in [4.69, 9.17) is 4.74 Å². The maximum absolute atomic E-state index is 11.3. The number of rotatable bonds is 3. The largest absolute Gasteiger partial charge is 0.480 e. The van der Waals surface area contributed by atoms with Crippen LogP contribution >= 0.6 is 11.3 Å². The molecule has 0 amide bonds. The predicted molar refractivity (Wildman–Crippen MR) is 65.5 cm³/mol. The van der Waals surface area contributed by atoms with Gasteiger partial charge in [0.1, 0.15) is 5.01 Å². The van der Waals surface area contributed by atoms with Crippen molar-refractivity contribution in [3.05, 3.63) is 34.9 Å². The van der Waals surface area contributed by atoms with Gasteiger partial charge in [0.2, 0.25) is 0 Å². The van der Waals surface area contributed by atoms with Crippen LogP contribution in [-0.2, 0) is 14.9 Å². The molecule has 2 aromatic rings. The van der Waals surface area contributed by atoms with Gasteiger partial charge in [-0.05, 0) is 12.1 Å². The molecule has 6 heteroatoms. The minimum Gasteiger partial charge on any atom is -0.480 e. The molecule has 0 bridgehead atoms. The van der Waals surface area contributed by atoms with Gasteiger partial charge in [-0.3, -0.25) is 9.78 Å². The van der Waals surface area contributed by atoms with Crippen molar-refractivity contribution in [3.8, 4) is 11.3 Å². The topological polar surface area (TPSA) is 72.3 Å². The maximum atomic E-state index is 11.3. The zero-order valence-electron chi connectivity index (χ0n) is 9.37. The van der Waals surface area contributed by atoms with Crippen LogP contribution in [0.15, 0.2) is 29.9 Å². The second-order valence-electron chi connectivity index (χ2n) is 4.16. The van der Waals surface area contributed by atoms with E-state index in [0.717, 1.165) is 11.3 Å². The van der Waals surface area contributed by atoms with Crippen LogP contribution in [0.4, 0.5) is 0 Å². The molecule has 1 aliphatic heterocycles. The van der Waals surface area contributed by atoms with Crippen molar-refractivity contribution < 1.29 is 14.6 Å². The normalized spacial score (nSPS) is 17.1. The van der Waals surface area contributed by atoms with Crippen LogP contribution in [0.25, 0.3) is 11.3 Å². The lowest BCUT2D eigenvalue weighted by Gasteiger charge is -2.35. The van der Waals surface area contributed by atoms with Crippen molar-refractivity contribution in [1.29, 1.82) is 0 Å². The molecule has 0 aliphatic carbocycles. The maximum Gasteiger partial charge on any atom is 0.321 e. The van der Waals surface area contributed by atoms with Gasteiger partial charge < -0.3 is 9.84 Å². The molecule has 1 aliphatic rings. The highest BCUT2D eigenvalue weighted by atomic mass is 32.1. The minimum atomic E-state index is -0.953. The summed E-state index contributed by atoms with van der Waals surface area (Å²) in [6, 6.07) is 3.73. The lowest BCUT2D eigenvalue weighted by atomic mass is 9.87. The predicted octanol–water partition coefficient (Wildman–Crippen LogP) is 1.56. The molecule has 5 nitrogen and oxygen atoms in total. The molecular weight excluding hydrogens is 252 g/mol. The third kappa shape index (κ3) is 1.61. The summed E-state index contributed by atoms with van der Waals surface area (Å²) in [6.45, 7) is 0.394. The van der Waals surface area contributed by atoms with E-state index >= 15 is 0 Å². The minimum absolute atomic E-state index is 0.197. The van der Waals surface area contributed by atoms with Gasteiger partial charge in [0.25, 0.3) is 0 Å². The number of carboxylic acid groups (broad SMARTS) is 1. The molecule has 0 saturated carbocycles. The van der Waals surface area contributed by atoms with E-state index < -0.39 is 11.4 Å². The molecule has 0 radical (unpaired) electrons. The number of aromatic nitrogens is 2. The van der Waals surface area contributed by atoms with E-state index in [1.807, 2.05) is 17.5 Å². The first kappa shape index (κ1) is 11.3. The zero-order valence-corrected chi connectivity index (χ0v) is 10.2. The fraction of sp³-hybridized carbons (Fsp3) is 0.250. The van der Waals surface area contributed by atoms with Gasteiger partial charge in [-0.1, -0.05) is 0 Å². The van der Waals surface area contributed by atoms with E-state index in [2.05, 4.69) is 9.97 Å². The average Bonchev–Trinajstić information content (AvgIpc) is 2.78. The molecule has 92 valence electrons. The fourth-order valence-electron chi connectivity index (χ4n) is 1.79. The van der Waals surface area contributed by atoms with Crippen molar-refractivity contribution in [3.63, 3.8) is 0 Å². The van der Waals surface area contributed by atoms with Crippen molar-refractivity contribution in [1.82, 2.24) is 9.97 Å². The molecular formula is C12H10N2O3S. The Balaban J connectivity index is 1.97. The molecule has 1 saturated heterocycles. The summed E-state index contributed by atoms with van der Waals surface area (Å²) in [5.41, 5.74) is 0.696. The summed E-state index contributed by atoms with van der Waals surface area (Å²) >= 11 is 1.36. The van der Waals surface area contributed by atoms with Crippen molar-refractivity contribution in [2.24, 2.45) is 0 Å². The molecule has 1 N–H and O–H groups in total. The van der Waals surface area contributed by atoms with Gasteiger partial charge in [0.05, 0.1) is 18.9 Å². The van der Waals surface area contributed by atoms with Gasteiger partial charge in [-0.2, -0.15) is 0 Å². The van der Waals surface area contributed by atoms with E-state index in [9.17, 15) is 9.90 Å². The molecule has 0 aromatic carbocycles. The fourth-order valence-corrected chi connectivity index (χ4v) is 2.78. The van der Waals surface area contributed by atoms with Crippen LogP contribution in [0.1, 0.15) is 5.01 Å². The van der Waals surface area contributed by atoms with Gasteiger partial charge in [-0.15, -0.1) is 11.3 Å². The molecule has 0 unspecified atom stereocenters. The smallest absolute Gasteiger partial charge is 0.321 e. The number of pyridine rings is 1. The lowest BCUT2D eigenvalue weighted by molar-refractivity contribution is -0.163. The number of carboxylic acids is 1.